The molecule has 0 saturated heterocycles. The molecule has 7 heteroatoms. The first-order valence-corrected chi connectivity index (χ1v) is 8.04. The van der Waals surface area contributed by atoms with E-state index in [1.807, 2.05) is 6.92 Å². The zero-order chi connectivity index (χ0) is 13.2. The number of nitrogens with two attached hydrogens (primary N) is 1. The number of rotatable bonds is 3. The predicted molar refractivity (Wildman–Crippen MR) is 67.5 cm³/mol. The molecule has 1 saturated carbocycles. The summed E-state index contributed by atoms with van der Waals surface area (Å²) in [6.07, 6.45) is 6.96. The van der Waals surface area contributed by atoms with Gasteiger partial charge in [0.05, 0.1) is 0 Å². The maximum absolute atomic E-state index is 11.4. The molecule has 1 aromatic heterocycles. The predicted octanol–water partition coefficient (Wildman–Crippen LogP) is 1.38. The van der Waals surface area contributed by atoms with Gasteiger partial charge in [0.1, 0.15) is 5.82 Å². The molecule has 1 aromatic rings. The van der Waals surface area contributed by atoms with E-state index >= 15 is 0 Å². The van der Waals surface area contributed by atoms with Crippen molar-refractivity contribution in [2.75, 3.05) is 0 Å². The van der Waals surface area contributed by atoms with Gasteiger partial charge < -0.3 is 4.57 Å². The Bertz CT molecular complexity index is 501. The van der Waals surface area contributed by atoms with E-state index in [1.165, 1.54) is 25.7 Å². The second kappa shape index (κ2) is 5.36. The molecule has 1 fully saturated rings. The molecule has 0 spiro atoms. The van der Waals surface area contributed by atoms with Crippen LogP contribution in [0.2, 0.25) is 0 Å². The Labute approximate surface area is 108 Å². The van der Waals surface area contributed by atoms with E-state index in [0.717, 1.165) is 18.7 Å². The molecule has 0 amide bonds. The summed E-state index contributed by atoms with van der Waals surface area (Å²) < 4.78 is 24.5. The topological polar surface area (TPSA) is 90.9 Å². The van der Waals surface area contributed by atoms with Gasteiger partial charge in [-0.1, -0.05) is 25.7 Å². The molecular weight excluding hydrogens is 252 g/mol. The minimum atomic E-state index is -3.78. The third-order valence-corrected chi connectivity index (χ3v) is 4.35. The number of sulfonamides is 1. The van der Waals surface area contributed by atoms with Crippen molar-refractivity contribution in [2.45, 2.75) is 63.1 Å². The van der Waals surface area contributed by atoms with Crippen LogP contribution in [0.3, 0.4) is 0 Å². The number of aromatic nitrogens is 3. The van der Waals surface area contributed by atoms with Crippen LogP contribution in [-0.4, -0.2) is 23.2 Å². The number of hydrogen-bond donors (Lipinski definition) is 1. The zero-order valence-electron chi connectivity index (χ0n) is 10.7. The minimum absolute atomic E-state index is 0.107. The first-order valence-electron chi connectivity index (χ1n) is 6.50. The van der Waals surface area contributed by atoms with E-state index in [1.54, 1.807) is 4.57 Å². The molecule has 0 aliphatic heterocycles. The van der Waals surface area contributed by atoms with Crippen molar-refractivity contribution in [2.24, 2.45) is 5.14 Å². The van der Waals surface area contributed by atoms with E-state index in [9.17, 15) is 8.42 Å². The van der Waals surface area contributed by atoms with Gasteiger partial charge in [-0.25, -0.2) is 13.6 Å². The van der Waals surface area contributed by atoms with Gasteiger partial charge in [0.25, 0.3) is 15.2 Å². The summed E-state index contributed by atoms with van der Waals surface area (Å²) in [5.74, 6) is 1.10. The van der Waals surface area contributed by atoms with Gasteiger partial charge in [0, 0.05) is 12.5 Å². The lowest BCUT2D eigenvalue weighted by molar-refractivity contribution is 0.509. The summed E-state index contributed by atoms with van der Waals surface area (Å²) in [5, 5.41) is 12.9. The Kier molecular flexibility index (Phi) is 4.01. The molecule has 102 valence electrons. The maximum Gasteiger partial charge on any atom is 0.273 e. The second-order valence-corrected chi connectivity index (χ2v) is 6.27. The van der Waals surface area contributed by atoms with Crippen LogP contribution in [0.5, 0.6) is 0 Å². The first-order chi connectivity index (χ1) is 8.54. The standard InChI is InChI=1S/C11H20N4O2S/c1-2-15-10(9-7-5-3-4-6-8-9)13-14-11(15)18(12,16)17/h9H,2-8H2,1H3,(H2,12,16,17). The normalized spacial score (nSPS) is 18.8. The fourth-order valence-electron chi connectivity index (χ4n) is 2.65. The minimum Gasteiger partial charge on any atom is -0.301 e. The molecule has 18 heavy (non-hydrogen) atoms. The largest absolute Gasteiger partial charge is 0.301 e. The van der Waals surface area contributed by atoms with Gasteiger partial charge in [-0.3, -0.25) is 0 Å². The van der Waals surface area contributed by atoms with E-state index in [4.69, 9.17) is 5.14 Å². The van der Waals surface area contributed by atoms with E-state index in [0.29, 0.717) is 12.5 Å². The Morgan fingerprint density at radius 3 is 2.33 bits per heavy atom. The first kappa shape index (κ1) is 13.5. The molecule has 0 unspecified atom stereocenters. The van der Waals surface area contributed by atoms with E-state index < -0.39 is 10.0 Å². The van der Waals surface area contributed by atoms with Crippen LogP contribution >= 0.6 is 0 Å². The van der Waals surface area contributed by atoms with Gasteiger partial charge in [-0.15, -0.1) is 10.2 Å². The third kappa shape index (κ3) is 2.72. The third-order valence-electron chi connectivity index (χ3n) is 3.54. The van der Waals surface area contributed by atoms with Crippen LogP contribution in [0.1, 0.15) is 57.2 Å². The summed E-state index contributed by atoms with van der Waals surface area (Å²) in [6, 6.07) is 0. The van der Waals surface area contributed by atoms with Gasteiger partial charge in [-0.05, 0) is 19.8 Å². The summed E-state index contributed by atoms with van der Waals surface area (Å²) in [7, 11) is -3.78. The number of nitrogens with zero attached hydrogens (tertiary/aromatic N) is 3. The average molecular weight is 272 g/mol. The lowest BCUT2D eigenvalue weighted by Crippen LogP contribution is -2.19. The van der Waals surface area contributed by atoms with Crippen LogP contribution < -0.4 is 5.14 Å². The van der Waals surface area contributed by atoms with Gasteiger partial charge in [0.15, 0.2) is 0 Å². The summed E-state index contributed by atoms with van der Waals surface area (Å²) >= 11 is 0. The Balaban J connectivity index is 2.36. The summed E-state index contributed by atoms with van der Waals surface area (Å²) in [5.41, 5.74) is 0. The van der Waals surface area contributed by atoms with Crippen LogP contribution in [0.4, 0.5) is 0 Å². The monoisotopic (exact) mass is 272 g/mol. The fraction of sp³-hybridized carbons (Fsp3) is 0.818. The van der Waals surface area contributed by atoms with Crippen molar-refractivity contribution in [3.63, 3.8) is 0 Å². The van der Waals surface area contributed by atoms with Gasteiger partial charge >= 0.3 is 0 Å². The quantitative estimate of drug-likeness (QED) is 0.842. The Morgan fingerprint density at radius 2 is 1.83 bits per heavy atom. The average Bonchev–Trinajstić information content (AvgIpc) is 2.57. The highest BCUT2D eigenvalue weighted by atomic mass is 32.2. The molecule has 6 nitrogen and oxygen atoms in total. The Morgan fingerprint density at radius 1 is 1.22 bits per heavy atom. The molecule has 0 atom stereocenters. The molecule has 0 bridgehead atoms. The highest BCUT2D eigenvalue weighted by Gasteiger charge is 2.25. The summed E-state index contributed by atoms with van der Waals surface area (Å²) in [6.45, 7) is 2.42. The van der Waals surface area contributed by atoms with Crippen LogP contribution in [0, 0.1) is 0 Å². The molecule has 1 aliphatic carbocycles. The fourth-order valence-corrected chi connectivity index (χ4v) is 3.33. The Hall–Kier alpha value is -0.950. The highest BCUT2D eigenvalue weighted by Crippen LogP contribution is 2.31. The maximum atomic E-state index is 11.4. The van der Waals surface area contributed by atoms with Crippen LogP contribution in [0.25, 0.3) is 0 Å². The molecule has 2 rings (SSSR count). The van der Waals surface area contributed by atoms with Crippen molar-refractivity contribution < 1.29 is 8.42 Å². The molecule has 1 heterocycles. The van der Waals surface area contributed by atoms with Gasteiger partial charge in [0.2, 0.25) is 0 Å². The molecule has 0 aromatic carbocycles. The number of hydrogen-bond acceptors (Lipinski definition) is 4. The zero-order valence-corrected chi connectivity index (χ0v) is 11.5. The molecular formula is C11H20N4O2S. The number of primary sulfonamides is 1. The molecule has 1 aliphatic rings. The molecule has 0 radical (unpaired) electrons. The highest BCUT2D eigenvalue weighted by molar-refractivity contribution is 7.89. The van der Waals surface area contributed by atoms with E-state index in [-0.39, 0.29) is 5.16 Å². The van der Waals surface area contributed by atoms with Crippen molar-refractivity contribution in [1.82, 2.24) is 14.8 Å². The lowest BCUT2D eigenvalue weighted by Gasteiger charge is -2.14. The van der Waals surface area contributed by atoms with Crippen molar-refractivity contribution in [3.05, 3.63) is 5.82 Å². The van der Waals surface area contributed by atoms with Crippen LogP contribution in [-0.2, 0) is 16.6 Å². The SMILES string of the molecule is CCn1c(C2CCCCCC2)nnc1S(N)(=O)=O. The van der Waals surface area contributed by atoms with Crippen molar-refractivity contribution in [1.29, 1.82) is 0 Å². The van der Waals surface area contributed by atoms with Crippen molar-refractivity contribution in [3.8, 4) is 0 Å². The van der Waals surface area contributed by atoms with Crippen LogP contribution in [0.15, 0.2) is 5.16 Å². The lowest BCUT2D eigenvalue weighted by atomic mass is 9.99. The second-order valence-electron chi connectivity index (χ2n) is 4.82. The van der Waals surface area contributed by atoms with Gasteiger partial charge in [-0.2, -0.15) is 0 Å². The summed E-state index contributed by atoms with van der Waals surface area (Å²) in [4.78, 5) is 0. The smallest absolute Gasteiger partial charge is 0.273 e. The van der Waals surface area contributed by atoms with Crippen molar-refractivity contribution >= 4 is 10.0 Å². The molecule has 2 N–H and O–H groups in total. The van der Waals surface area contributed by atoms with E-state index in [2.05, 4.69) is 10.2 Å².